The lowest BCUT2D eigenvalue weighted by Crippen LogP contribution is -2.40. The molecular weight excluding hydrogens is 282 g/mol. The van der Waals surface area contributed by atoms with Crippen molar-refractivity contribution >= 4 is 24.2 Å². The number of hydrogen-bond donors (Lipinski definition) is 3. The molecule has 2 amide bonds. The van der Waals surface area contributed by atoms with Crippen molar-refractivity contribution in [2.75, 3.05) is 26.2 Å². The predicted octanol–water partition coefficient (Wildman–Crippen LogP) is 0.339. The Balaban J connectivity index is 0.00000361. The molecular formula is C13H26ClN3O3. The van der Waals surface area contributed by atoms with E-state index in [1.54, 1.807) is 0 Å². The average Bonchev–Trinajstić information content (AvgIpc) is 2.69. The molecule has 118 valence electrons. The minimum atomic E-state index is -0.329. The van der Waals surface area contributed by atoms with Crippen molar-refractivity contribution in [2.45, 2.75) is 44.6 Å². The van der Waals surface area contributed by atoms with Crippen LogP contribution in [0.5, 0.6) is 0 Å². The van der Waals surface area contributed by atoms with E-state index in [1.165, 1.54) is 25.7 Å². The number of amides is 2. The van der Waals surface area contributed by atoms with Gasteiger partial charge < -0.3 is 21.1 Å². The van der Waals surface area contributed by atoms with Crippen molar-refractivity contribution in [1.82, 2.24) is 10.6 Å². The highest BCUT2D eigenvalue weighted by Gasteiger charge is 2.12. The SMILES string of the molecule is Cl.NCC(=O)NCC(=O)NCCOC1CCCCCC1. The largest absolute Gasteiger partial charge is 0.376 e. The van der Waals surface area contributed by atoms with E-state index in [1.807, 2.05) is 0 Å². The molecule has 0 aromatic carbocycles. The number of halogens is 1. The van der Waals surface area contributed by atoms with Gasteiger partial charge in [0.25, 0.3) is 0 Å². The molecule has 0 saturated heterocycles. The van der Waals surface area contributed by atoms with Crippen LogP contribution in [0, 0.1) is 0 Å². The lowest BCUT2D eigenvalue weighted by Gasteiger charge is -2.15. The van der Waals surface area contributed by atoms with Gasteiger partial charge in [-0.2, -0.15) is 0 Å². The third-order valence-corrected chi connectivity index (χ3v) is 3.21. The molecule has 0 aliphatic heterocycles. The van der Waals surface area contributed by atoms with Gasteiger partial charge in [0, 0.05) is 6.54 Å². The van der Waals surface area contributed by atoms with Gasteiger partial charge in [-0.15, -0.1) is 12.4 Å². The second kappa shape index (κ2) is 11.9. The molecule has 1 aliphatic carbocycles. The number of ether oxygens (including phenoxy) is 1. The van der Waals surface area contributed by atoms with Gasteiger partial charge in [0.05, 0.1) is 25.8 Å². The first-order valence-corrected chi connectivity index (χ1v) is 7.07. The van der Waals surface area contributed by atoms with Crippen molar-refractivity contribution < 1.29 is 14.3 Å². The Bertz CT molecular complexity index is 282. The quantitative estimate of drug-likeness (QED) is 0.467. The van der Waals surface area contributed by atoms with Crippen LogP contribution < -0.4 is 16.4 Å². The number of nitrogens with two attached hydrogens (primary N) is 1. The fourth-order valence-electron chi connectivity index (χ4n) is 2.14. The molecule has 0 aromatic rings. The summed E-state index contributed by atoms with van der Waals surface area (Å²) in [6.07, 6.45) is 7.68. The predicted molar refractivity (Wildman–Crippen MR) is 79.8 cm³/mol. The second-order valence-electron chi connectivity index (χ2n) is 4.82. The van der Waals surface area contributed by atoms with Crippen LogP contribution in [-0.2, 0) is 14.3 Å². The molecule has 0 bridgehead atoms. The van der Waals surface area contributed by atoms with Crippen LogP contribution in [0.15, 0.2) is 0 Å². The third-order valence-electron chi connectivity index (χ3n) is 3.21. The molecule has 1 aliphatic rings. The smallest absolute Gasteiger partial charge is 0.239 e. The van der Waals surface area contributed by atoms with E-state index in [2.05, 4.69) is 10.6 Å². The Labute approximate surface area is 126 Å². The van der Waals surface area contributed by atoms with Gasteiger partial charge in [0.2, 0.25) is 11.8 Å². The fraction of sp³-hybridized carbons (Fsp3) is 0.846. The monoisotopic (exact) mass is 307 g/mol. The summed E-state index contributed by atoms with van der Waals surface area (Å²) in [6.45, 7) is 0.882. The Kier molecular flexibility index (Phi) is 11.4. The third kappa shape index (κ3) is 9.12. The summed E-state index contributed by atoms with van der Waals surface area (Å²) < 4.78 is 5.74. The van der Waals surface area contributed by atoms with E-state index < -0.39 is 0 Å². The Morgan fingerprint density at radius 1 is 1.05 bits per heavy atom. The fourth-order valence-corrected chi connectivity index (χ4v) is 2.14. The Morgan fingerprint density at radius 3 is 2.30 bits per heavy atom. The average molecular weight is 308 g/mol. The van der Waals surface area contributed by atoms with Crippen molar-refractivity contribution in [3.63, 3.8) is 0 Å². The van der Waals surface area contributed by atoms with Gasteiger partial charge in [-0.25, -0.2) is 0 Å². The van der Waals surface area contributed by atoms with E-state index in [0.29, 0.717) is 19.3 Å². The van der Waals surface area contributed by atoms with Gasteiger partial charge in [-0.1, -0.05) is 25.7 Å². The van der Waals surface area contributed by atoms with Gasteiger partial charge in [-0.3, -0.25) is 9.59 Å². The van der Waals surface area contributed by atoms with Crippen molar-refractivity contribution in [2.24, 2.45) is 5.73 Å². The summed E-state index contributed by atoms with van der Waals surface area (Å²) in [6, 6.07) is 0. The zero-order valence-corrected chi connectivity index (χ0v) is 12.7. The highest BCUT2D eigenvalue weighted by Crippen LogP contribution is 2.19. The number of rotatable bonds is 7. The molecule has 0 atom stereocenters. The summed E-state index contributed by atoms with van der Waals surface area (Å²) in [4.78, 5) is 22.2. The van der Waals surface area contributed by atoms with Crippen LogP contribution in [0.4, 0.5) is 0 Å². The maximum atomic E-state index is 11.3. The number of nitrogens with one attached hydrogen (secondary N) is 2. The maximum Gasteiger partial charge on any atom is 0.239 e. The summed E-state index contributed by atoms with van der Waals surface area (Å²) in [5.41, 5.74) is 5.11. The van der Waals surface area contributed by atoms with Crippen LogP contribution in [0.1, 0.15) is 38.5 Å². The summed E-state index contributed by atoms with van der Waals surface area (Å²) in [5, 5.41) is 5.11. The van der Waals surface area contributed by atoms with Crippen molar-refractivity contribution in [3.8, 4) is 0 Å². The topological polar surface area (TPSA) is 93.5 Å². The van der Waals surface area contributed by atoms with Crippen LogP contribution in [0.2, 0.25) is 0 Å². The Morgan fingerprint density at radius 2 is 1.70 bits per heavy atom. The molecule has 0 heterocycles. The van der Waals surface area contributed by atoms with Gasteiger partial charge in [0.1, 0.15) is 0 Å². The lowest BCUT2D eigenvalue weighted by atomic mass is 10.1. The molecule has 1 rings (SSSR count). The minimum Gasteiger partial charge on any atom is -0.376 e. The van der Waals surface area contributed by atoms with E-state index in [4.69, 9.17) is 10.5 Å². The minimum absolute atomic E-state index is 0. The molecule has 0 spiro atoms. The highest BCUT2D eigenvalue weighted by atomic mass is 35.5. The summed E-state index contributed by atoms with van der Waals surface area (Å²) in [7, 11) is 0. The first-order valence-electron chi connectivity index (χ1n) is 7.07. The molecule has 1 saturated carbocycles. The van der Waals surface area contributed by atoms with E-state index in [0.717, 1.165) is 12.8 Å². The molecule has 4 N–H and O–H groups in total. The van der Waals surface area contributed by atoms with Crippen LogP contribution >= 0.6 is 12.4 Å². The van der Waals surface area contributed by atoms with Crippen LogP contribution in [-0.4, -0.2) is 44.2 Å². The van der Waals surface area contributed by atoms with E-state index in [-0.39, 0.29) is 37.3 Å². The maximum absolute atomic E-state index is 11.3. The summed E-state index contributed by atoms with van der Waals surface area (Å²) in [5.74, 6) is -0.545. The zero-order chi connectivity index (χ0) is 13.9. The molecule has 20 heavy (non-hydrogen) atoms. The molecule has 6 nitrogen and oxygen atoms in total. The molecule has 1 fully saturated rings. The summed E-state index contributed by atoms with van der Waals surface area (Å²) >= 11 is 0. The van der Waals surface area contributed by atoms with Gasteiger partial charge in [-0.05, 0) is 12.8 Å². The van der Waals surface area contributed by atoms with E-state index >= 15 is 0 Å². The normalized spacial score (nSPS) is 15.8. The van der Waals surface area contributed by atoms with E-state index in [9.17, 15) is 9.59 Å². The number of carbonyl (C=O) groups excluding carboxylic acids is 2. The zero-order valence-electron chi connectivity index (χ0n) is 11.9. The first-order chi connectivity index (χ1) is 9.22. The Hall–Kier alpha value is -0.850. The van der Waals surface area contributed by atoms with Crippen molar-refractivity contribution in [1.29, 1.82) is 0 Å². The molecule has 0 unspecified atom stereocenters. The number of hydrogen-bond acceptors (Lipinski definition) is 4. The number of carbonyl (C=O) groups is 2. The van der Waals surface area contributed by atoms with Crippen molar-refractivity contribution in [3.05, 3.63) is 0 Å². The van der Waals surface area contributed by atoms with Crippen LogP contribution in [0.25, 0.3) is 0 Å². The molecule has 0 radical (unpaired) electrons. The highest BCUT2D eigenvalue weighted by molar-refractivity contribution is 5.85. The standard InChI is InChI=1S/C13H25N3O3.ClH/c14-9-12(17)16-10-13(18)15-7-8-19-11-5-3-1-2-4-6-11;/h11H,1-10,14H2,(H,15,18)(H,16,17);1H. The second-order valence-corrected chi connectivity index (χ2v) is 4.82. The lowest BCUT2D eigenvalue weighted by molar-refractivity contribution is -0.125. The van der Waals surface area contributed by atoms with Gasteiger partial charge in [0.15, 0.2) is 0 Å². The van der Waals surface area contributed by atoms with Crippen LogP contribution in [0.3, 0.4) is 0 Å². The molecule has 0 aromatic heterocycles. The van der Waals surface area contributed by atoms with Gasteiger partial charge >= 0.3 is 0 Å². The first kappa shape index (κ1) is 19.1. The molecule has 7 heteroatoms.